The molecule has 0 saturated heterocycles. The fourth-order valence-electron chi connectivity index (χ4n) is 3.76. The van der Waals surface area contributed by atoms with Gasteiger partial charge in [-0.05, 0) is 37.0 Å². The van der Waals surface area contributed by atoms with Crippen LogP contribution in [0.15, 0.2) is 33.9 Å². The van der Waals surface area contributed by atoms with E-state index >= 15 is 0 Å². The van der Waals surface area contributed by atoms with Gasteiger partial charge in [0.05, 0.1) is 19.3 Å². The number of aliphatic hydroxyl groups is 1. The molecule has 2 aromatic rings. The minimum Gasteiger partial charge on any atom is -0.395 e. The molecule has 0 radical (unpaired) electrons. The molecular formula is C22H25ClN4O4. The Bertz CT molecular complexity index is 1130. The molecular weight excluding hydrogens is 420 g/mol. The molecule has 8 nitrogen and oxygen atoms in total. The van der Waals surface area contributed by atoms with Gasteiger partial charge in [-0.3, -0.25) is 13.9 Å². The van der Waals surface area contributed by atoms with Gasteiger partial charge in [0.1, 0.15) is 18.1 Å². The van der Waals surface area contributed by atoms with Crippen molar-refractivity contribution in [2.75, 3.05) is 23.4 Å². The highest BCUT2D eigenvalue weighted by Gasteiger charge is 2.34. The van der Waals surface area contributed by atoms with Crippen molar-refractivity contribution in [2.45, 2.75) is 44.6 Å². The summed E-state index contributed by atoms with van der Waals surface area (Å²) in [6.45, 7) is 0.381. The Balaban J connectivity index is 1.68. The molecule has 0 spiro atoms. The molecule has 1 unspecified atom stereocenters. The summed E-state index contributed by atoms with van der Waals surface area (Å²) in [5, 5.41) is 13.1. The van der Waals surface area contributed by atoms with E-state index in [2.05, 4.69) is 17.2 Å². The molecule has 2 heterocycles. The lowest BCUT2D eigenvalue weighted by Gasteiger charge is -2.25. The van der Waals surface area contributed by atoms with Crippen molar-refractivity contribution in [1.29, 1.82) is 0 Å². The Hall–Kier alpha value is -2.73. The zero-order valence-electron chi connectivity index (χ0n) is 17.3. The Labute approximate surface area is 185 Å². The van der Waals surface area contributed by atoms with Crippen LogP contribution < -0.4 is 21.5 Å². The third kappa shape index (κ3) is 4.35. The standard InChI is InChI=1S/C22H25ClN4O4/c1-25-20-19(21(29)26(11-12-28)22(25)30)24-18(6-3-13-31-17-4-2-5-17)27(20)14-15-7-9-16(23)10-8-15/h7-10,17-18,24,28H,2,4-5,11-14H2,1H3. The van der Waals surface area contributed by atoms with Crippen molar-refractivity contribution in [3.63, 3.8) is 0 Å². The SMILES string of the molecule is Cn1c2c(c(=O)n(CCO)c1=O)NC(C#CCOC1CCC1)N2Cc1ccc(Cl)cc1. The fraction of sp³-hybridized carbons (Fsp3) is 0.455. The fourth-order valence-corrected chi connectivity index (χ4v) is 3.88. The molecule has 0 bridgehead atoms. The zero-order chi connectivity index (χ0) is 22.0. The van der Waals surface area contributed by atoms with Crippen molar-refractivity contribution in [2.24, 2.45) is 7.05 Å². The van der Waals surface area contributed by atoms with Crippen LogP contribution in [-0.4, -0.2) is 39.7 Å². The van der Waals surface area contributed by atoms with Crippen LogP contribution in [0.4, 0.5) is 11.5 Å². The first-order valence-corrected chi connectivity index (χ1v) is 10.7. The van der Waals surface area contributed by atoms with Gasteiger partial charge in [0.2, 0.25) is 0 Å². The Morgan fingerprint density at radius 2 is 2.00 bits per heavy atom. The zero-order valence-corrected chi connectivity index (χ0v) is 18.1. The molecule has 1 aromatic carbocycles. The molecule has 31 heavy (non-hydrogen) atoms. The third-order valence-electron chi connectivity index (χ3n) is 5.65. The number of fused-ring (bicyclic) bond motifs is 1. The molecule has 2 N–H and O–H groups in total. The molecule has 0 amide bonds. The minimum atomic E-state index is -0.501. The van der Waals surface area contributed by atoms with E-state index in [9.17, 15) is 14.7 Å². The van der Waals surface area contributed by atoms with Gasteiger partial charge >= 0.3 is 5.69 Å². The predicted octanol–water partition coefficient (Wildman–Crippen LogP) is 1.52. The highest BCUT2D eigenvalue weighted by molar-refractivity contribution is 6.30. The molecule has 1 aliphatic heterocycles. The summed E-state index contributed by atoms with van der Waals surface area (Å²) in [6, 6.07) is 7.39. The highest BCUT2D eigenvalue weighted by Crippen LogP contribution is 2.31. The lowest BCUT2D eigenvalue weighted by Crippen LogP contribution is -2.41. The van der Waals surface area contributed by atoms with Crippen LogP contribution in [0, 0.1) is 11.8 Å². The van der Waals surface area contributed by atoms with Crippen LogP contribution in [0.3, 0.4) is 0 Å². The van der Waals surface area contributed by atoms with Crippen molar-refractivity contribution >= 4 is 23.1 Å². The van der Waals surface area contributed by atoms with E-state index in [4.69, 9.17) is 16.3 Å². The summed E-state index contributed by atoms with van der Waals surface area (Å²) in [7, 11) is 1.61. The second-order valence-electron chi connectivity index (χ2n) is 7.71. The summed E-state index contributed by atoms with van der Waals surface area (Å²) in [6.07, 6.45) is 3.13. The number of anilines is 2. The van der Waals surface area contributed by atoms with Gasteiger partial charge in [-0.15, -0.1) is 0 Å². The van der Waals surface area contributed by atoms with Crippen LogP contribution in [0.1, 0.15) is 24.8 Å². The van der Waals surface area contributed by atoms with Crippen molar-refractivity contribution in [3.05, 3.63) is 55.7 Å². The number of halogens is 1. The number of nitrogens with one attached hydrogen (secondary N) is 1. The number of nitrogens with zero attached hydrogens (tertiary/aromatic N) is 3. The number of benzene rings is 1. The number of rotatable bonds is 6. The molecule has 164 valence electrons. The first-order chi connectivity index (χ1) is 15.0. The monoisotopic (exact) mass is 444 g/mol. The maximum atomic E-state index is 12.9. The molecule has 1 fully saturated rings. The molecule has 2 aliphatic rings. The average Bonchev–Trinajstić information content (AvgIpc) is 3.08. The van der Waals surface area contributed by atoms with E-state index in [-0.39, 0.29) is 13.2 Å². The third-order valence-corrected chi connectivity index (χ3v) is 5.91. The van der Waals surface area contributed by atoms with Gasteiger partial charge in [0.25, 0.3) is 5.56 Å². The van der Waals surface area contributed by atoms with Crippen molar-refractivity contribution < 1.29 is 9.84 Å². The van der Waals surface area contributed by atoms with Gasteiger partial charge in [-0.1, -0.05) is 35.6 Å². The Morgan fingerprint density at radius 3 is 2.65 bits per heavy atom. The second kappa shape index (κ2) is 9.18. The van der Waals surface area contributed by atoms with Crippen LogP contribution in [-0.2, 0) is 24.9 Å². The van der Waals surface area contributed by atoms with E-state index in [1.54, 1.807) is 19.2 Å². The number of hydrogen-bond acceptors (Lipinski definition) is 6. The Kier molecular flexibility index (Phi) is 6.37. The largest absolute Gasteiger partial charge is 0.395 e. The van der Waals surface area contributed by atoms with Crippen LogP contribution in [0.25, 0.3) is 0 Å². The summed E-state index contributed by atoms with van der Waals surface area (Å²) >= 11 is 6.01. The van der Waals surface area contributed by atoms with Gasteiger partial charge in [-0.25, -0.2) is 4.79 Å². The van der Waals surface area contributed by atoms with E-state index in [0.717, 1.165) is 23.0 Å². The molecule has 1 aromatic heterocycles. The van der Waals surface area contributed by atoms with Gasteiger partial charge in [-0.2, -0.15) is 0 Å². The molecule has 1 saturated carbocycles. The van der Waals surface area contributed by atoms with Crippen molar-refractivity contribution in [3.8, 4) is 11.8 Å². The number of aromatic nitrogens is 2. The highest BCUT2D eigenvalue weighted by atomic mass is 35.5. The predicted molar refractivity (Wildman–Crippen MR) is 119 cm³/mol. The van der Waals surface area contributed by atoms with Crippen LogP contribution >= 0.6 is 11.6 Å². The lowest BCUT2D eigenvalue weighted by atomic mass is 9.96. The van der Waals surface area contributed by atoms with Gasteiger partial charge in [0.15, 0.2) is 6.17 Å². The maximum absolute atomic E-state index is 12.9. The first kappa shape index (κ1) is 21.5. The summed E-state index contributed by atoms with van der Waals surface area (Å²) in [5.41, 5.74) is 0.304. The van der Waals surface area contributed by atoms with Crippen LogP contribution in [0.5, 0.6) is 0 Å². The maximum Gasteiger partial charge on any atom is 0.332 e. The number of ether oxygens (including phenoxy) is 1. The van der Waals surface area contributed by atoms with Gasteiger partial charge < -0.3 is 20.1 Å². The van der Waals surface area contributed by atoms with E-state index in [0.29, 0.717) is 35.8 Å². The quantitative estimate of drug-likeness (QED) is 0.657. The van der Waals surface area contributed by atoms with E-state index in [1.165, 1.54) is 11.0 Å². The van der Waals surface area contributed by atoms with E-state index < -0.39 is 17.4 Å². The van der Waals surface area contributed by atoms with Crippen molar-refractivity contribution in [1.82, 2.24) is 9.13 Å². The molecule has 4 rings (SSSR count). The second-order valence-corrected chi connectivity index (χ2v) is 8.14. The van der Waals surface area contributed by atoms with E-state index in [1.807, 2.05) is 17.0 Å². The Morgan fingerprint density at radius 1 is 1.26 bits per heavy atom. The molecule has 1 aliphatic carbocycles. The van der Waals surface area contributed by atoms with Crippen LogP contribution in [0.2, 0.25) is 5.02 Å². The summed E-state index contributed by atoms with van der Waals surface area (Å²) < 4.78 is 8.16. The summed E-state index contributed by atoms with van der Waals surface area (Å²) in [5.74, 6) is 6.66. The number of aliphatic hydroxyl groups excluding tert-OH is 1. The minimum absolute atomic E-state index is 0.0662. The lowest BCUT2D eigenvalue weighted by molar-refractivity contribution is 0.0216. The average molecular weight is 445 g/mol. The van der Waals surface area contributed by atoms with Gasteiger partial charge in [0, 0.05) is 18.6 Å². The topological polar surface area (TPSA) is 88.7 Å². The molecule has 1 atom stereocenters. The first-order valence-electron chi connectivity index (χ1n) is 10.3. The molecule has 9 heteroatoms. The number of hydrogen-bond donors (Lipinski definition) is 2. The smallest absolute Gasteiger partial charge is 0.332 e. The normalized spacial score (nSPS) is 17.5. The summed E-state index contributed by atoms with van der Waals surface area (Å²) in [4.78, 5) is 27.6.